The molecule has 1 aromatic heterocycles. The molecule has 3 nitrogen and oxygen atoms in total. The molecule has 0 bridgehead atoms. The molecule has 3 heteroatoms. The molecule has 0 amide bonds. The highest BCUT2D eigenvalue weighted by Crippen LogP contribution is 2.22. The van der Waals surface area contributed by atoms with E-state index in [0.29, 0.717) is 12.0 Å². The summed E-state index contributed by atoms with van der Waals surface area (Å²) in [6.45, 7) is 10.4. The summed E-state index contributed by atoms with van der Waals surface area (Å²) < 4.78 is 5.39. The number of hydrogen-bond donors (Lipinski definition) is 0. The topological polar surface area (TPSA) is 25.4 Å². The second-order valence-corrected chi connectivity index (χ2v) is 5.15. The fourth-order valence-corrected chi connectivity index (χ4v) is 2.34. The van der Waals surface area contributed by atoms with Gasteiger partial charge in [-0.3, -0.25) is 9.88 Å². The lowest BCUT2D eigenvalue weighted by Gasteiger charge is -2.32. The van der Waals surface area contributed by atoms with Crippen molar-refractivity contribution in [2.24, 2.45) is 0 Å². The minimum Gasteiger partial charge on any atom is -0.379 e. The summed E-state index contributed by atoms with van der Waals surface area (Å²) in [6.07, 6.45) is 3.19. The third kappa shape index (κ3) is 3.09. The fraction of sp³-hybridized carbons (Fsp3) is 0.667. The van der Waals surface area contributed by atoms with Crippen molar-refractivity contribution in [1.29, 1.82) is 0 Å². The van der Waals surface area contributed by atoms with E-state index in [1.165, 1.54) is 11.3 Å². The largest absolute Gasteiger partial charge is 0.379 e. The molecule has 1 aliphatic heterocycles. The second kappa shape index (κ2) is 6.30. The summed E-state index contributed by atoms with van der Waals surface area (Å²) in [7, 11) is 0. The van der Waals surface area contributed by atoms with E-state index in [1.54, 1.807) is 0 Å². The Balaban J connectivity index is 2.03. The lowest BCUT2D eigenvalue weighted by molar-refractivity contribution is 0.0198. The Kier molecular flexibility index (Phi) is 4.72. The van der Waals surface area contributed by atoms with E-state index in [1.807, 2.05) is 6.20 Å². The molecule has 2 atom stereocenters. The predicted octanol–water partition coefficient (Wildman–Crippen LogP) is 2.99. The fourth-order valence-electron chi connectivity index (χ4n) is 2.34. The molecule has 0 aromatic carbocycles. The minimum absolute atomic E-state index is 0.437. The standard InChI is InChI=1S/C15H24N2O/c1-4-12(2)15-6-5-14(11-16-15)13(3)17-7-9-18-10-8-17/h5-6,11-13H,4,7-10H2,1-3H3. The second-order valence-electron chi connectivity index (χ2n) is 5.15. The van der Waals surface area contributed by atoms with Crippen molar-refractivity contribution in [2.75, 3.05) is 26.3 Å². The van der Waals surface area contributed by atoms with Gasteiger partial charge in [0.25, 0.3) is 0 Å². The number of morpholine rings is 1. The lowest BCUT2D eigenvalue weighted by atomic mass is 10.0. The molecular weight excluding hydrogens is 224 g/mol. The Morgan fingerprint density at radius 2 is 2.00 bits per heavy atom. The normalized spacial score (nSPS) is 20.6. The molecule has 1 saturated heterocycles. The number of pyridine rings is 1. The first-order valence-corrected chi connectivity index (χ1v) is 7.00. The van der Waals surface area contributed by atoms with Gasteiger partial charge in [-0.1, -0.05) is 19.9 Å². The summed E-state index contributed by atoms with van der Waals surface area (Å²) in [5.41, 5.74) is 2.51. The molecule has 0 radical (unpaired) electrons. The van der Waals surface area contributed by atoms with Crippen molar-refractivity contribution in [3.05, 3.63) is 29.6 Å². The highest BCUT2D eigenvalue weighted by Gasteiger charge is 2.18. The van der Waals surface area contributed by atoms with Gasteiger partial charge < -0.3 is 4.74 Å². The average molecular weight is 248 g/mol. The third-order valence-corrected chi connectivity index (χ3v) is 4.00. The zero-order chi connectivity index (χ0) is 13.0. The van der Waals surface area contributed by atoms with Gasteiger partial charge >= 0.3 is 0 Å². The van der Waals surface area contributed by atoms with Crippen LogP contribution in [0.15, 0.2) is 18.3 Å². The molecule has 1 fully saturated rings. The van der Waals surface area contributed by atoms with Gasteiger partial charge in [0, 0.05) is 31.0 Å². The Bertz CT molecular complexity index is 357. The van der Waals surface area contributed by atoms with E-state index in [2.05, 4.69) is 42.8 Å². The van der Waals surface area contributed by atoms with Gasteiger partial charge in [-0.2, -0.15) is 0 Å². The van der Waals surface area contributed by atoms with E-state index < -0.39 is 0 Å². The van der Waals surface area contributed by atoms with E-state index in [4.69, 9.17) is 4.74 Å². The van der Waals surface area contributed by atoms with Gasteiger partial charge in [-0.05, 0) is 30.9 Å². The van der Waals surface area contributed by atoms with Gasteiger partial charge in [-0.15, -0.1) is 0 Å². The van der Waals surface area contributed by atoms with Crippen LogP contribution in [0.25, 0.3) is 0 Å². The summed E-state index contributed by atoms with van der Waals surface area (Å²) in [6, 6.07) is 4.85. The lowest BCUT2D eigenvalue weighted by Crippen LogP contribution is -2.38. The Hall–Kier alpha value is -0.930. The molecule has 0 aliphatic carbocycles. The molecule has 1 aromatic rings. The van der Waals surface area contributed by atoms with Crippen molar-refractivity contribution in [3.8, 4) is 0 Å². The summed E-state index contributed by atoms with van der Waals surface area (Å²) in [5.74, 6) is 0.553. The third-order valence-electron chi connectivity index (χ3n) is 4.00. The maximum absolute atomic E-state index is 5.39. The van der Waals surface area contributed by atoms with Gasteiger partial charge in [0.2, 0.25) is 0 Å². The number of ether oxygens (including phenoxy) is 1. The predicted molar refractivity (Wildman–Crippen MR) is 73.8 cm³/mol. The van der Waals surface area contributed by atoms with Crippen molar-refractivity contribution < 1.29 is 4.74 Å². The van der Waals surface area contributed by atoms with E-state index in [9.17, 15) is 0 Å². The first kappa shape index (κ1) is 13.5. The number of aromatic nitrogens is 1. The molecule has 0 N–H and O–H groups in total. The maximum atomic E-state index is 5.39. The molecule has 0 spiro atoms. The number of nitrogens with zero attached hydrogens (tertiary/aromatic N) is 2. The van der Waals surface area contributed by atoms with Crippen LogP contribution in [0, 0.1) is 0 Å². The quantitative estimate of drug-likeness (QED) is 0.819. The van der Waals surface area contributed by atoms with Gasteiger partial charge in [0.05, 0.1) is 13.2 Å². The van der Waals surface area contributed by atoms with Crippen LogP contribution in [0.3, 0.4) is 0 Å². The Labute approximate surface area is 110 Å². The molecular formula is C15H24N2O. The molecule has 100 valence electrons. The zero-order valence-corrected chi connectivity index (χ0v) is 11.7. The van der Waals surface area contributed by atoms with Gasteiger partial charge in [0.1, 0.15) is 0 Å². The molecule has 1 aliphatic rings. The first-order valence-electron chi connectivity index (χ1n) is 7.00. The first-order chi connectivity index (χ1) is 8.72. The number of hydrogen-bond acceptors (Lipinski definition) is 3. The summed E-state index contributed by atoms with van der Waals surface area (Å²) in [4.78, 5) is 7.07. The van der Waals surface area contributed by atoms with Crippen molar-refractivity contribution in [2.45, 2.75) is 39.2 Å². The van der Waals surface area contributed by atoms with Crippen molar-refractivity contribution in [3.63, 3.8) is 0 Å². The van der Waals surface area contributed by atoms with Gasteiger partial charge in [0.15, 0.2) is 0 Å². The van der Waals surface area contributed by atoms with Crippen LogP contribution in [-0.2, 0) is 4.74 Å². The van der Waals surface area contributed by atoms with Crippen LogP contribution in [0.1, 0.15) is 50.4 Å². The highest BCUT2D eigenvalue weighted by molar-refractivity contribution is 5.19. The SMILES string of the molecule is CCC(C)c1ccc(C(C)N2CCOCC2)cn1. The van der Waals surface area contributed by atoms with E-state index in [0.717, 1.165) is 32.7 Å². The zero-order valence-electron chi connectivity index (χ0n) is 11.7. The molecule has 0 saturated carbocycles. The van der Waals surface area contributed by atoms with Crippen LogP contribution >= 0.6 is 0 Å². The smallest absolute Gasteiger partial charge is 0.0594 e. The Morgan fingerprint density at radius 1 is 1.28 bits per heavy atom. The molecule has 2 rings (SSSR count). The monoisotopic (exact) mass is 248 g/mol. The van der Waals surface area contributed by atoms with Crippen LogP contribution < -0.4 is 0 Å². The summed E-state index contributed by atoms with van der Waals surface area (Å²) in [5, 5.41) is 0. The van der Waals surface area contributed by atoms with Crippen LogP contribution in [0.5, 0.6) is 0 Å². The average Bonchev–Trinajstić information content (AvgIpc) is 2.47. The van der Waals surface area contributed by atoms with Crippen LogP contribution in [-0.4, -0.2) is 36.2 Å². The van der Waals surface area contributed by atoms with Crippen molar-refractivity contribution in [1.82, 2.24) is 9.88 Å². The molecule has 2 heterocycles. The maximum Gasteiger partial charge on any atom is 0.0594 e. The van der Waals surface area contributed by atoms with E-state index >= 15 is 0 Å². The van der Waals surface area contributed by atoms with Crippen molar-refractivity contribution >= 4 is 0 Å². The highest BCUT2D eigenvalue weighted by atomic mass is 16.5. The van der Waals surface area contributed by atoms with Gasteiger partial charge in [-0.25, -0.2) is 0 Å². The molecule has 2 unspecified atom stereocenters. The van der Waals surface area contributed by atoms with Crippen LogP contribution in [0.2, 0.25) is 0 Å². The molecule has 18 heavy (non-hydrogen) atoms. The number of rotatable bonds is 4. The van der Waals surface area contributed by atoms with Crippen LogP contribution in [0.4, 0.5) is 0 Å². The van der Waals surface area contributed by atoms with E-state index in [-0.39, 0.29) is 0 Å². The minimum atomic E-state index is 0.437. The summed E-state index contributed by atoms with van der Waals surface area (Å²) >= 11 is 0. The Morgan fingerprint density at radius 3 is 2.56 bits per heavy atom.